The summed E-state index contributed by atoms with van der Waals surface area (Å²) in [7, 11) is 0. The van der Waals surface area contributed by atoms with Crippen molar-refractivity contribution in [3.05, 3.63) is 54.6 Å². The Morgan fingerprint density at radius 1 is 1.19 bits per heavy atom. The van der Waals surface area contributed by atoms with Gasteiger partial charge in [-0.2, -0.15) is 10.2 Å². The van der Waals surface area contributed by atoms with Crippen LogP contribution in [0, 0.1) is 0 Å². The van der Waals surface area contributed by atoms with E-state index in [1.54, 1.807) is 0 Å². The first-order valence-electron chi connectivity index (χ1n) is 7.05. The smallest absolute Gasteiger partial charge is 0.0850 e. The number of aromatic nitrogens is 4. The van der Waals surface area contributed by atoms with Crippen LogP contribution in [0.2, 0.25) is 0 Å². The SMILES string of the molecule is CC(C)n1ccc(Cn2cc(-c3ccccc3N)cn2)n1. The monoisotopic (exact) mass is 281 g/mol. The first kappa shape index (κ1) is 13.4. The Balaban J connectivity index is 1.80. The Kier molecular flexibility index (Phi) is 3.48. The second-order valence-electron chi connectivity index (χ2n) is 5.39. The lowest BCUT2D eigenvalue weighted by atomic mass is 10.1. The minimum Gasteiger partial charge on any atom is -0.398 e. The van der Waals surface area contributed by atoms with E-state index in [2.05, 4.69) is 24.0 Å². The molecule has 21 heavy (non-hydrogen) atoms. The number of rotatable bonds is 4. The lowest BCUT2D eigenvalue weighted by Gasteiger charge is -2.04. The standard InChI is InChI=1S/C16H19N5/c1-12(2)21-8-7-14(19-21)11-20-10-13(9-18-20)15-5-3-4-6-16(15)17/h3-10,12H,11,17H2,1-2H3. The van der Waals surface area contributed by atoms with Crippen molar-refractivity contribution >= 4 is 5.69 Å². The highest BCUT2D eigenvalue weighted by Crippen LogP contribution is 2.24. The largest absolute Gasteiger partial charge is 0.398 e. The van der Waals surface area contributed by atoms with Crippen LogP contribution < -0.4 is 5.73 Å². The Labute approximate surface area is 124 Å². The van der Waals surface area contributed by atoms with Gasteiger partial charge in [-0.25, -0.2) is 0 Å². The van der Waals surface area contributed by atoms with Crippen LogP contribution in [0.1, 0.15) is 25.6 Å². The van der Waals surface area contributed by atoms with Crippen molar-refractivity contribution in [2.24, 2.45) is 0 Å². The second-order valence-corrected chi connectivity index (χ2v) is 5.39. The highest BCUT2D eigenvalue weighted by Gasteiger charge is 2.07. The van der Waals surface area contributed by atoms with Crippen molar-refractivity contribution in [2.45, 2.75) is 26.4 Å². The molecular weight excluding hydrogens is 262 g/mol. The third-order valence-electron chi connectivity index (χ3n) is 3.42. The zero-order valence-electron chi connectivity index (χ0n) is 12.3. The summed E-state index contributed by atoms with van der Waals surface area (Å²) >= 11 is 0. The van der Waals surface area contributed by atoms with Gasteiger partial charge < -0.3 is 5.73 Å². The predicted octanol–water partition coefficient (Wildman–Crippen LogP) is 2.96. The quantitative estimate of drug-likeness (QED) is 0.748. The van der Waals surface area contributed by atoms with Gasteiger partial charge in [0.05, 0.1) is 18.4 Å². The summed E-state index contributed by atoms with van der Waals surface area (Å²) in [5.41, 5.74) is 9.80. The second kappa shape index (κ2) is 5.44. The summed E-state index contributed by atoms with van der Waals surface area (Å²) in [6.07, 6.45) is 5.84. The van der Waals surface area contributed by atoms with Gasteiger partial charge in [0.1, 0.15) is 0 Å². The Morgan fingerprint density at radius 3 is 2.71 bits per heavy atom. The average Bonchev–Trinajstić information content (AvgIpc) is 3.09. The summed E-state index contributed by atoms with van der Waals surface area (Å²) in [5.74, 6) is 0. The number of anilines is 1. The summed E-state index contributed by atoms with van der Waals surface area (Å²) in [6.45, 7) is 4.88. The minimum absolute atomic E-state index is 0.371. The molecule has 0 fully saturated rings. The number of nitrogens with zero attached hydrogens (tertiary/aromatic N) is 4. The van der Waals surface area contributed by atoms with Crippen molar-refractivity contribution in [1.29, 1.82) is 0 Å². The van der Waals surface area contributed by atoms with E-state index in [4.69, 9.17) is 5.73 Å². The van der Waals surface area contributed by atoms with Gasteiger partial charge in [-0.3, -0.25) is 9.36 Å². The van der Waals surface area contributed by atoms with Gasteiger partial charge in [-0.05, 0) is 26.0 Å². The van der Waals surface area contributed by atoms with E-state index in [1.807, 2.05) is 58.3 Å². The molecular formula is C16H19N5. The van der Waals surface area contributed by atoms with Crippen LogP contribution in [0.25, 0.3) is 11.1 Å². The van der Waals surface area contributed by atoms with Crippen LogP contribution >= 0.6 is 0 Å². The molecule has 0 aliphatic carbocycles. The molecule has 3 aromatic rings. The normalized spacial score (nSPS) is 11.2. The van der Waals surface area contributed by atoms with E-state index in [0.717, 1.165) is 22.5 Å². The lowest BCUT2D eigenvalue weighted by Crippen LogP contribution is -2.04. The van der Waals surface area contributed by atoms with Crippen LogP contribution in [0.4, 0.5) is 5.69 Å². The molecule has 0 saturated carbocycles. The van der Waals surface area contributed by atoms with E-state index < -0.39 is 0 Å². The zero-order valence-corrected chi connectivity index (χ0v) is 12.3. The molecule has 0 aliphatic rings. The molecule has 3 rings (SSSR count). The van der Waals surface area contributed by atoms with Gasteiger partial charge in [-0.1, -0.05) is 18.2 Å². The van der Waals surface area contributed by atoms with E-state index in [1.165, 1.54) is 0 Å². The van der Waals surface area contributed by atoms with Gasteiger partial charge in [0, 0.05) is 35.2 Å². The van der Waals surface area contributed by atoms with Crippen molar-refractivity contribution in [1.82, 2.24) is 19.6 Å². The Hall–Kier alpha value is -2.56. The first-order valence-corrected chi connectivity index (χ1v) is 7.05. The van der Waals surface area contributed by atoms with Crippen LogP contribution in [-0.4, -0.2) is 19.6 Å². The maximum Gasteiger partial charge on any atom is 0.0850 e. The minimum atomic E-state index is 0.371. The van der Waals surface area contributed by atoms with Gasteiger partial charge in [0.25, 0.3) is 0 Å². The number of hydrogen-bond acceptors (Lipinski definition) is 3. The molecule has 0 radical (unpaired) electrons. The molecule has 0 amide bonds. The van der Waals surface area contributed by atoms with E-state index in [9.17, 15) is 0 Å². The van der Waals surface area contributed by atoms with E-state index in [0.29, 0.717) is 12.6 Å². The molecule has 5 nitrogen and oxygen atoms in total. The molecule has 0 bridgehead atoms. The van der Waals surface area contributed by atoms with Crippen LogP contribution in [0.3, 0.4) is 0 Å². The predicted molar refractivity (Wildman–Crippen MR) is 83.8 cm³/mol. The third-order valence-corrected chi connectivity index (χ3v) is 3.42. The molecule has 0 aliphatic heterocycles. The van der Waals surface area contributed by atoms with Gasteiger partial charge >= 0.3 is 0 Å². The molecule has 0 unspecified atom stereocenters. The highest BCUT2D eigenvalue weighted by atomic mass is 15.3. The third kappa shape index (κ3) is 2.81. The highest BCUT2D eigenvalue weighted by molar-refractivity contribution is 5.75. The Bertz CT molecular complexity index is 738. The molecule has 1 aromatic carbocycles. The fourth-order valence-corrected chi connectivity index (χ4v) is 2.26. The number of nitrogens with two attached hydrogens (primary N) is 1. The summed E-state index contributed by atoms with van der Waals surface area (Å²) in [6, 6.07) is 10.2. The molecule has 2 N–H and O–H groups in total. The van der Waals surface area contributed by atoms with Crippen LogP contribution in [0.5, 0.6) is 0 Å². The van der Waals surface area contributed by atoms with Crippen molar-refractivity contribution < 1.29 is 0 Å². The lowest BCUT2D eigenvalue weighted by molar-refractivity contribution is 0.521. The van der Waals surface area contributed by atoms with Crippen LogP contribution in [-0.2, 0) is 6.54 Å². The van der Waals surface area contributed by atoms with Gasteiger partial charge in [-0.15, -0.1) is 0 Å². The first-order chi connectivity index (χ1) is 10.1. The Morgan fingerprint density at radius 2 is 2.00 bits per heavy atom. The summed E-state index contributed by atoms with van der Waals surface area (Å²) in [4.78, 5) is 0. The van der Waals surface area contributed by atoms with Crippen molar-refractivity contribution in [2.75, 3.05) is 5.73 Å². The average molecular weight is 281 g/mol. The number of para-hydroxylation sites is 1. The molecule has 2 heterocycles. The topological polar surface area (TPSA) is 61.7 Å². The molecule has 5 heteroatoms. The van der Waals surface area contributed by atoms with E-state index in [-0.39, 0.29) is 0 Å². The molecule has 0 atom stereocenters. The maximum atomic E-state index is 6.00. The fraction of sp³-hybridized carbons (Fsp3) is 0.250. The zero-order chi connectivity index (χ0) is 14.8. The number of nitrogen functional groups attached to an aromatic ring is 1. The molecule has 0 saturated heterocycles. The number of benzene rings is 1. The van der Waals surface area contributed by atoms with Crippen molar-refractivity contribution in [3.8, 4) is 11.1 Å². The van der Waals surface area contributed by atoms with Crippen LogP contribution in [0.15, 0.2) is 48.9 Å². The van der Waals surface area contributed by atoms with Crippen molar-refractivity contribution in [3.63, 3.8) is 0 Å². The molecule has 108 valence electrons. The summed E-state index contributed by atoms with van der Waals surface area (Å²) < 4.78 is 3.84. The van der Waals surface area contributed by atoms with Gasteiger partial charge in [0.2, 0.25) is 0 Å². The maximum absolute atomic E-state index is 6.00. The van der Waals surface area contributed by atoms with E-state index >= 15 is 0 Å². The molecule has 0 spiro atoms. The molecule has 2 aromatic heterocycles. The number of hydrogen-bond donors (Lipinski definition) is 1. The summed E-state index contributed by atoms with van der Waals surface area (Å²) in [5, 5.41) is 8.93. The van der Waals surface area contributed by atoms with Gasteiger partial charge in [0.15, 0.2) is 0 Å². The fourth-order valence-electron chi connectivity index (χ4n) is 2.26.